The number of carbonyl (C=O) groups excluding carboxylic acids is 2. The molecule has 2 amide bonds. The highest BCUT2D eigenvalue weighted by Gasteiger charge is 2.33. The van der Waals surface area contributed by atoms with Crippen LogP contribution in [0.3, 0.4) is 0 Å². The van der Waals surface area contributed by atoms with Gasteiger partial charge >= 0.3 is 0 Å². The number of likely N-dealkylation sites (N-methyl/N-ethyl adjacent to an activating group) is 2. The van der Waals surface area contributed by atoms with Crippen molar-refractivity contribution in [3.05, 3.63) is 65.7 Å². The Morgan fingerprint density at radius 2 is 1.70 bits per heavy atom. The Labute approximate surface area is 177 Å². The van der Waals surface area contributed by atoms with Gasteiger partial charge in [-0.25, -0.2) is 5.01 Å². The topological polar surface area (TPSA) is 65.5 Å². The van der Waals surface area contributed by atoms with Crippen LogP contribution >= 0.6 is 0 Å². The Morgan fingerprint density at radius 3 is 2.30 bits per heavy atom. The predicted octanol–water partition coefficient (Wildman–Crippen LogP) is 2.39. The molecule has 3 rings (SSSR count). The van der Waals surface area contributed by atoms with E-state index in [-0.39, 0.29) is 30.9 Å². The molecule has 1 heterocycles. The molecule has 0 fully saturated rings. The molecule has 2 aromatic carbocycles. The number of carbonyl (C=O) groups is 2. The highest BCUT2D eigenvalue weighted by molar-refractivity contribution is 6.03. The number of hydrogen-bond donors (Lipinski definition) is 0. The van der Waals surface area contributed by atoms with E-state index in [0.29, 0.717) is 6.42 Å². The normalized spacial score (nSPS) is 15.8. The summed E-state index contributed by atoms with van der Waals surface area (Å²) < 4.78 is 5.25. The van der Waals surface area contributed by atoms with Gasteiger partial charge in [-0.15, -0.1) is 0 Å². The monoisotopic (exact) mass is 408 g/mol. The third-order valence-electron chi connectivity index (χ3n) is 5.08. The van der Waals surface area contributed by atoms with Gasteiger partial charge in [-0.3, -0.25) is 14.5 Å². The molecule has 7 heteroatoms. The molecule has 0 bridgehead atoms. The highest BCUT2D eigenvalue weighted by Crippen LogP contribution is 2.33. The summed E-state index contributed by atoms with van der Waals surface area (Å²) in [4.78, 5) is 28.3. The van der Waals surface area contributed by atoms with Gasteiger partial charge in [0.2, 0.25) is 5.91 Å². The van der Waals surface area contributed by atoms with Crippen molar-refractivity contribution in [2.75, 3.05) is 41.3 Å². The van der Waals surface area contributed by atoms with Gasteiger partial charge in [-0.2, -0.15) is 5.10 Å². The number of rotatable bonds is 7. The molecule has 1 unspecified atom stereocenters. The second-order valence-electron chi connectivity index (χ2n) is 7.60. The standard InChI is InChI=1S/C23H28N4O3/c1-25(2)22(28)15-26(3)16-23(29)27-21(18-10-12-19(30-4)13-11-18)14-20(24-27)17-8-6-5-7-9-17/h5-13,21H,14-16H2,1-4H3. The van der Waals surface area contributed by atoms with E-state index in [0.717, 1.165) is 22.6 Å². The van der Waals surface area contributed by atoms with E-state index in [1.54, 1.807) is 38.2 Å². The first kappa shape index (κ1) is 21.5. The molecular formula is C23H28N4O3. The van der Waals surface area contributed by atoms with E-state index in [1.165, 1.54) is 4.90 Å². The summed E-state index contributed by atoms with van der Waals surface area (Å²) in [6.07, 6.45) is 0.627. The van der Waals surface area contributed by atoms with Gasteiger partial charge in [0.25, 0.3) is 5.91 Å². The Balaban J connectivity index is 1.82. The van der Waals surface area contributed by atoms with Crippen LogP contribution in [0.4, 0.5) is 0 Å². The molecule has 0 spiro atoms. The van der Waals surface area contributed by atoms with Crippen molar-refractivity contribution < 1.29 is 14.3 Å². The van der Waals surface area contributed by atoms with E-state index >= 15 is 0 Å². The van der Waals surface area contributed by atoms with Crippen molar-refractivity contribution >= 4 is 17.5 Å². The second kappa shape index (κ2) is 9.54. The Bertz CT molecular complexity index is 910. The van der Waals surface area contributed by atoms with Gasteiger partial charge in [-0.05, 0) is 30.3 Å². The summed E-state index contributed by atoms with van der Waals surface area (Å²) in [6, 6.07) is 17.4. The molecule has 1 atom stereocenters. The summed E-state index contributed by atoms with van der Waals surface area (Å²) in [6.45, 7) is 0.285. The van der Waals surface area contributed by atoms with Crippen LogP contribution in [0.25, 0.3) is 0 Å². The summed E-state index contributed by atoms with van der Waals surface area (Å²) in [5.41, 5.74) is 2.87. The lowest BCUT2D eigenvalue weighted by atomic mass is 9.98. The Hall–Kier alpha value is -3.19. The van der Waals surface area contributed by atoms with Crippen molar-refractivity contribution in [1.82, 2.24) is 14.8 Å². The lowest BCUT2D eigenvalue weighted by molar-refractivity contribution is -0.135. The Kier molecular flexibility index (Phi) is 6.84. The number of hydrogen-bond acceptors (Lipinski definition) is 5. The maximum absolute atomic E-state index is 13.1. The number of ether oxygens (including phenoxy) is 1. The van der Waals surface area contributed by atoms with Crippen molar-refractivity contribution in [3.63, 3.8) is 0 Å². The number of benzene rings is 2. The first-order valence-corrected chi connectivity index (χ1v) is 9.86. The zero-order valence-electron chi connectivity index (χ0n) is 17.9. The third kappa shape index (κ3) is 5.04. The fourth-order valence-corrected chi connectivity index (χ4v) is 3.36. The SMILES string of the molecule is COc1ccc(C2CC(c3ccccc3)=NN2C(=O)CN(C)CC(=O)N(C)C)cc1. The summed E-state index contributed by atoms with van der Waals surface area (Å²) in [7, 11) is 6.80. The minimum atomic E-state index is -0.198. The molecule has 30 heavy (non-hydrogen) atoms. The quantitative estimate of drug-likeness (QED) is 0.706. The molecule has 1 aliphatic heterocycles. The van der Waals surface area contributed by atoms with E-state index < -0.39 is 0 Å². The van der Waals surface area contributed by atoms with Crippen LogP contribution in [0.5, 0.6) is 5.75 Å². The van der Waals surface area contributed by atoms with Crippen molar-refractivity contribution in [1.29, 1.82) is 0 Å². The average Bonchev–Trinajstić information content (AvgIpc) is 3.20. The smallest absolute Gasteiger partial charge is 0.257 e. The highest BCUT2D eigenvalue weighted by atomic mass is 16.5. The Morgan fingerprint density at radius 1 is 1.03 bits per heavy atom. The minimum Gasteiger partial charge on any atom is -0.497 e. The number of amides is 2. The van der Waals surface area contributed by atoms with Crippen LogP contribution < -0.4 is 4.74 Å². The van der Waals surface area contributed by atoms with Crippen LogP contribution in [0, 0.1) is 0 Å². The van der Waals surface area contributed by atoms with Crippen LogP contribution in [-0.4, -0.2) is 73.7 Å². The molecule has 1 aliphatic rings. The zero-order valence-corrected chi connectivity index (χ0v) is 17.9. The maximum Gasteiger partial charge on any atom is 0.257 e. The lowest BCUT2D eigenvalue weighted by Gasteiger charge is -2.25. The summed E-state index contributed by atoms with van der Waals surface area (Å²) in [5.74, 6) is 0.573. The summed E-state index contributed by atoms with van der Waals surface area (Å²) in [5, 5.41) is 6.23. The largest absolute Gasteiger partial charge is 0.497 e. The number of hydrazone groups is 1. The molecule has 0 aliphatic carbocycles. The fraction of sp³-hybridized carbons (Fsp3) is 0.348. The molecule has 158 valence electrons. The predicted molar refractivity (Wildman–Crippen MR) is 116 cm³/mol. The average molecular weight is 409 g/mol. The van der Waals surface area contributed by atoms with E-state index in [2.05, 4.69) is 5.10 Å². The van der Waals surface area contributed by atoms with E-state index in [1.807, 2.05) is 54.6 Å². The van der Waals surface area contributed by atoms with Crippen molar-refractivity contribution in [2.24, 2.45) is 5.10 Å². The van der Waals surface area contributed by atoms with Gasteiger partial charge in [0.05, 0.1) is 32.0 Å². The molecule has 0 N–H and O–H groups in total. The van der Waals surface area contributed by atoms with Crippen molar-refractivity contribution in [3.8, 4) is 5.75 Å². The van der Waals surface area contributed by atoms with Gasteiger partial charge < -0.3 is 9.64 Å². The van der Waals surface area contributed by atoms with Gasteiger partial charge in [-0.1, -0.05) is 42.5 Å². The number of nitrogens with zero attached hydrogens (tertiary/aromatic N) is 4. The van der Waals surface area contributed by atoms with Crippen LogP contribution in [0.15, 0.2) is 59.7 Å². The maximum atomic E-state index is 13.1. The third-order valence-corrected chi connectivity index (χ3v) is 5.08. The van der Waals surface area contributed by atoms with Crippen LogP contribution in [-0.2, 0) is 9.59 Å². The molecular weight excluding hydrogens is 380 g/mol. The molecule has 7 nitrogen and oxygen atoms in total. The zero-order chi connectivity index (χ0) is 21.7. The first-order valence-electron chi connectivity index (χ1n) is 9.86. The van der Waals surface area contributed by atoms with Crippen LogP contribution in [0.2, 0.25) is 0 Å². The molecule has 0 aromatic heterocycles. The van der Waals surface area contributed by atoms with E-state index in [9.17, 15) is 9.59 Å². The molecule has 2 aromatic rings. The van der Waals surface area contributed by atoms with Crippen LogP contribution in [0.1, 0.15) is 23.6 Å². The van der Waals surface area contributed by atoms with Crippen molar-refractivity contribution in [2.45, 2.75) is 12.5 Å². The molecule has 0 radical (unpaired) electrons. The van der Waals surface area contributed by atoms with Gasteiger partial charge in [0, 0.05) is 20.5 Å². The number of methoxy groups -OCH3 is 1. The van der Waals surface area contributed by atoms with E-state index in [4.69, 9.17) is 4.74 Å². The minimum absolute atomic E-state index is 0.0492. The molecule has 0 saturated heterocycles. The molecule has 0 saturated carbocycles. The first-order chi connectivity index (χ1) is 14.4. The van der Waals surface area contributed by atoms with Gasteiger partial charge in [0.1, 0.15) is 5.75 Å². The second-order valence-corrected chi connectivity index (χ2v) is 7.60. The van der Waals surface area contributed by atoms with Gasteiger partial charge in [0.15, 0.2) is 0 Å². The summed E-state index contributed by atoms with van der Waals surface area (Å²) >= 11 is 0. The lowest BCUT2D eigenvalue weighted by Crippen LogP contribution is -2.41. The fourth-order valence-electron chi connectivity index (χ4n) is 3.36.